The molecule has 1 aromatic heterocycles. The Labute approximate surface area is 245 Å². The Bertz CT molecular complexity index is 1270. The number of aliphatic hydroxyl groups excluding tert-OH is 3. The van der Waals surface area contributed by atoms with Crippen LogP contribution in [-0.2, 0) is 19.0 Å². The van der Waals surface area contributed by atoms with Gasteiger partial charge in [-0.1, -0.05) is 25.5 Å². The molecular weight excluding hydrogens is 544 g/mol. The van der Waals surface area contributed by atoms with E-state index in [4.69, 9.17) is 18.6 Å². The van der Waals surface area contributed by atoms with Crippen molar-refractivity contribution in [3.63, 3.8) is 0 Å². The Kier molecular flexibility index (Phi) is 7.51. The zero-order chi connectivity index (χ0) is 30.2. The summed E-state index contributed by atoms with van der Waals surface area (Å²) < 4.78 is 22.9. The van der Waals surface area contributed by atoms with Gasteiger partial charge in [0.05, 0.1) is 24.1 Å². The van der Waals surface area contributed by atoms with Crippen molar-refractivity contribution in [3.05, 3.63) is 46.0 Å². The molecule has 10 nitrogen and oxygen atoms in total. The minimum atomic E-state index is -1.35. The van der Waals surface area contributed by atoms with E-state index in [1.165, 1.54) is 24.8 Å². The van der Waals surface area contributed by atoms with Gasteiger partial charge in [-0.15, -0.1) is 0 Å². The smallest absolute Gasteiger partial charge is 0.335 e. The normalized spacial score (nSPS) is 48.4. The van der Waals surface area contributed by atoms with Gasteiger partial charge in [0.15, 0.2) is 6.29 Å². The molecule has 0 radical (unpaired) electrons. The van der Waals surface area contributed by atoms with E-state index in [0.29, 0.717) is 12.8 Å². The Balaban J connectivity index is 1.26. The quantitative estimate of drug-likeness (QED) is 0.305. The fourth-order valence-electron chi connectivity index (χ4n) is 9.54. The molecule has 1 saturated heterocycles. The summed E-state index contributed by atoms with van der Waals surface area (Å²) in [6.07, 6.45) is 2.24. The third-order valence-corrected chi connectivity index (χ3v) is 11.8. The summed E-state index contributed by atoms with van der Waals surface area (Å²) in [7, 11) is 0. The SMILES string of the molecule is CC(=O)OC1CC2(O)C3CCC4=CC(OC5OC(C)C(O)C(O)C5O)CCC4(C)C3CCC2(C)C1c1ccc(=O)oc1. The lowest BCUT2D eigenvalue weighted by Gasteiger charge is -2.61. The van der Waals surface area contributed by atoms with Crippen molar-refractivity contribution < 1.29 is 43.8 Å². The van der Waals surface area contributed by atoms with Gasteiger partial charge in [-0.3, -0.25) is 4.79 Å². The molecular formula is C32H44O10. The zero-order valence-corrected chi connectivity index (χ0v) is 24.8. The van der Waals surface area contributed by atoms with Crippen LogP contribution in [0.15, 0.2) is 39.3 Å². The number of aliphatic hydroxyl groups is 4. The van der Waals surface area contributed by atoms with E-state index in [1.54, 1.807) is 13.0 Å². The monoisotopic (exact) mass is 588 g/mol. The van der Waals surface area contributed by atoms with Crippen LogP contribution in [0.3, 0.4) is 0 Å². The second-order valence-electron chi connectivity index (χ2n) is 13.9. The van der Waals surface area contributed by atoms with Crippen LogP contribution in [0, 0.1) is 22.7 Å². The topological polar surface area (TPSA) is 156 Å². The molecule has 4 fully saturated rings. The second-order valence-corrected chi connectivity index (χ2v) is 13.9. The molecule has 4 aliphatic carbocycles. The number of rotatable bonds is 4. The van der Waals surface area contributed by atoms with E-state index in [0.717, 1.165) is 37.7 Å². The number of carbonyl (C=O) groups excluding carboxylic acids is 1. The van der Waals surface area contributed by atoms with Crippen molar-refractivity contribution >= 4 is 5.97 Å². The molecule has 232 valence electrons. The molecule has 0 spiro atoms. The molecule has 13 atom stereocenters. The van der Waals surface area contributed by atoms with Gasteiger partial charge in [0.25, 0.3) is 0 Å². The third kappa shape index (κ3) is 4.52. The van der Waals surface area contributed by atoms with Crippen molar-refractivity contribution in [2.24, 2.45) is 22.7 Å². The van der Waals surface area contributed by atoms with Gasteiger partial charge in [0.2, 0.25) is 0 Å². The first kappa shape index (κ1) is 30.0. The molecule has 1 aliphatic heterocycles. The van der Waals surface area contributed by atoms with Crippen LogP contribution < -0.4 is 5.63 Å². The lowest BCUT2D eigenvalue weighted by molar-refractivity contribution is -0.301. The number of carbonyl (C=O) groups is 1. The molecule has 0 bridgehead atoms. The van der Waals surface area contributed by atoms with Crippen LogP contribution in [0.2, 0.25) is 0 Å². The van der Waals surface area contributed by atoms with Crippen LogP contribution in [-0.4, -0.2) is 74.9 Å². The number of allylic oxidation sites excluding steroid dienone is 1. The van der Waals surface area contributed by atoms with Crippen LogP contribution in [0.1, 0.15) is 84.1 Å². The molecule has 3 saturated carbocycles. The molecule has 6 rings (SSSR count). The van der Waals surface area contributed by atoms with E-state index < -0.39 is 59.4 Å². The van der Waals surface area contributed by atoms with Crippen LogP contribution >= 0.6 is 0 Å². The van der Waals surface area contributed by atoms with E-state index in [1.807, 2.05) is 0 Å². The predicted octanol–water partition coefficient (Wildman–Crippen LogP) is 2.56. The summed E-state index contributed by atoms with van der Waals surface area (Å²) in [5.41, 5.74) is -0.214. The fourth-order valence-corrected chi connectivity index (χ4v) is 9.54. The third-order valence-electron chi connectivity index (χ3n) is 11.8. The lowest BCUT2D eigenvalue weighted by Crippen LogP contribution is -2.60. The minimum absolute atomic E-state index is 0.00405. The van der Waals surface area contributed by atoms with Gasteiger partial charge in [-0.25, -0.2) is 4.79 Å². The van der Waals surface area contributed by atoms with Gasteiger partial charge in [0, 0.05) is 30.7 Å². The first-order valence-corrected chi connectivity index (χ1v) is 15.3. The molecule has 0 amide bonds. The van der Waals surface area contributed by atoms with Gasteiger partial charge < -0.3 is 39.1 Å². The number of fused-ring (bicyclic) bond motifs is 5. The molecule has 10 heteroatoms. The highest BCUT2D eigenvalue weighted by Gasteiger charge is 2.70. The van der Waals surface area contributed by atoms with Crippen LogP contribution in [0.5, 0.6) is 0 Å². The van der Waals surface area contributed by atoms with E-state index in [-0.39, 0.29) is 29.3 Å². The van der Waals surface area contributed by atoms with Gasteiger partial charge in [-0.05, 0) is 74.3 Å². The van der Waals surface area contributed by atoms with Crippen molar-refractivity contribution in [1.82, 2.24) is 0 Å². The summed E-state index contributed by atoms with van der Waals surface area (Å²) in [6, 6.07) is 3.11. The first-order chi connectivity index (χ1) is 19.8. The number of hydrogen-bond acceptors (Lipinski definition) is 10. The molecule has 2 heterocycles. The van der Waals surface area contributed by atoms with Gasteiger partial charge in [0.1, 0.15) is 24.4 Å². The molecule has 42 heavy (non-hydrogen) atoms. The molecule has 4 N–H and O–H groups in total. The van der Waals surface area contributed by atoms with E-state index >= 15 is 0 Å². The van der Waals surface area contributed by atoms with Crippen molar-refractivity contribution in [3.8, 4) is 0 Å². The van der Waals surface area contributed by atoms with Crippen molar-refractivity contribution in [2.45, 2.75) is 127 Å². The highest BCUT2D eigenvalue weighted by Crippen LogP contribution is 2.70. The summed E-state index contributed by atoms with van der Waals surface area (Å²) >= 11 is 0. The Morgan fingerprint density at radius 3 is 2.48 bits per heavy atom. The van der Waals surface area contributed by atoms with E-state index in [2.05, 4.69) is 19.9 Å². The maximum absolute atomic E-state index is 12.7. The van der Waals surface area contributed by atoms with E-state index in [9.17, 15) is 30.0 Å². The Hall–Kier alpha value is -2.08. The summed E-state index contributed by atoms with van der Waals surface area (Å²) in [5, 5.41) is 43.4. The summed E-state index contributed by atoms with van der Waals surface area (Å²) in [4.78, 5) is 23.9. The van der Waals surface area contributed by atoms with Crippen LogP contribution in [0.25, 0.3) is 0 Å². The summed E-state index contributed by atoms with van der Waals surface area (Å²) in [6.45, 7) is 7.42. The minimum Gasteiger partial charge on any atom is -0.462 e. The second kappa shape index (κ2) is 10.5. The summed E-state index contributed by atoms with van der Waals surface area (Å²) in [5.74, 6) is -0.484. The number of ether oxygens (including phenoxy) is 3. The first-order valence-electron chi connectivity index (χ1n) is 15.3. The average Bonchev–Trinajstić information content (AvgIpc) is 3.17. The highest BCUT2D eigenvalue weighted by molar-refractivity contribution is 5.66. The molecule has 13 unspecified atom stereocenters. The highest BCUT2D eigenvalue weighted by atomic mass is 16.7. The average molecular weight is 589 g/mol. The maximum Gasteiger partial charge on any atom is 0.335 e. The number of hydrogen-bond donors (Lipinski definition) is 4. The Morgan fingerprint density at radius 2 is 1.79 bits per heavy atom. The maximum atomic E-state index is 12.7. The molecule has 1 aromatic rings. The molecule has 5 aliphatic rings. The lowest BCUT2D eigenvalue weighted by atomic mass is 9.45. The standard InChI is InChI=1S/C32H44O10/c1-16-26(35)27(36)28(37)29(40-16)42-20-9-11-30(3)19(13-20)6-7-22-21(30)10-12-31(4)25(18-5-8-24(34)39-15-18)23(41-17(2)33)14-32(22,31)38/h5,8,13,15-16,20-23,25-29,35-38H,6-7,9-12,14H2,1-4H3. The predicted molar refractivity (Wildman–Crippen MR) is 149 cm³/mol. The van der Waals surface area contributed by atoms with Gasteiger partial charge >= 0.3 is 11.6 Å². The van der Waals surface area contributed by atoms with Gasteiger partial charge in [-0.2, -0.15) is 0 Å². The van der Waals surface area contributed by atoms with Crippen LogP contribution in [0.4, 0.5) is 0 Å². The van der Waals surface area contributed by atoms with Crippen molar-refractivity contribution in [1.29, 1.82) is 0 Å². The largest absolute Gasteiger partial charge is 0.462 e. The fraction of sp³-hybridized carbons (Fsp3) is 0.750. The Morgan fingerprint density at radius 1 is 1.02 bits per heavy atom. The van der Waals surface area contributed by atoms with Crippen molar-refractivity contribution in [2.75, 3.05) is 0 Å². The molecule has 0 aromatic carbocycles. The zero-order valence-electron chi connectivity index (χ0n) is 24.8. The number of esters is 1.